The maximum atomic E-state index is 13.6. The van der Waals surface area contributed by atoms with Gasteiger partial charge in [0.15, 0.2) is 0 Å². The molecule has 1 aliphatic carbocycles. The Bertz CT molecular complexity index is 1230. The zero-order valence-electron chi connectivity index (χ0n) is 18.7. The van der Waals surface area contributed by atoms with Crippen molar-refractivity contribution in [1.29, 1.82) is 0 Å². The van der Waals surface area contributed by atoms with Crippen molar-refractivity contribution in [2.45, 2.75) is 44.2 Å². The highest BCUT2D eigenvalue weighted by molar-refractivity contribution is 5.98. The summed E-state index contributed by atoms with van der Waals surface area (Å²) in [5.74, 6) is -0.539. The minimum Gasteiger partial charge on any atom is -0.349 e. The Morgan fingerprint density at radius 1 is 0.943 bits per heavy atom. The molecule has 4 unspecified atom stereocenters. The number of ether oxygens (including phenoxy) is 2. The average Bonchev–Trinajstić information content (AvgIpc) is 3.54. The smallest absolute Gasteiger partial charge is 0.327 e. The highest BCUT2D eigenvalue weighted by Gasteiger charge is 2.53. The lowest BCUT2D eigenvalue weighted by Gasteiger charge is -2.48. The van der Waals surface area contributed by atoms with Crippen LogP contribution in [0.25, 0.3) is 11.4 Å². The molecule has 6 rings (SSSR count). The zero-order chi connectivity index (χ0) is 23.9. The SMILES string of the molecule is O=C1C2CC3OCOC3CC2N(Cc2ccc(F)cc2)C(=O)N1Cc1nc(-c2ccccc2)no1. The molecule has 180 valence electrons. The first kappa shape index (κ1) is 21.9. The number of rotatable bonds is 5. The summed E-state index contributed by atoms with van der Waals surface area (Å²) in [4.78, 5) is 34.4. The quantitative estimate of drug-likeness (QED) is 0.555. The van der Waals surface area contributed by atoms with Gasteiger partial charge in [-0.05, 0) is 30.5 Å². The Kier molecular flexibility index (Phi) is 5.54. The van der Waals surface area contributed by atoms with Crippen LogP contribution in [0.4, 0.5) is 9.18 Å². The third kappa shape index (κ3) is 4.08. The summed E-state index contributed by atoms with van der Waals surface area (Å²) in [7, 11) is 0. The van der Waals surface area contributed by atoms with E-state index in [1.54, 1.807) is 17.0 Å². The van der Waals surface area contributed by atoms with Gasteiger partial charge in [-0.25, -0.2) is 9.18 Å². The number of hydrogen-bond acceptors (Lipinski definition) is 7. The van der Waals surface area contributed by atoms with Crippen LogP contribution in [0, 0.1) is 11.7 Å². The van der Waals surface area contributed by atoms with Crippen molar-refractivity contribution in [2.24, 2.45) is 5.92 Å². The number of amides is 3. The van der Waals surface area contributed by atoms with Gasteiger partial charge in [0, 0.05) is 18.2 Å². The second-order valence-corrected chi connectivity index (χ2v) is 9.01. The van der Waals surface area contributed by atoms with Gasteiger partial charge < -0.3 is 18.9 Å². The number of carbonyl (C=O) groups excluding carboxylic acids is 2. The Balaban J connectivity index is 1.29. The summed E-state index contributed by atoms with van der Waals surface area (Å²) >= 11 is 0. The lowest BCUT2D eigenvalue weighted by molar-refractivity contribution is -0.145. The first-order valence-electron chi connectivity index (χ1n) is 11.5. The van der Waals surface area contributed by atoms with Crippen LogP contribution in [0.5, 0.6) is 0 Å². The van der Waals surface area contributed by atoms with E-state index in [9.17, 15) is 14.0 Å². The molecular formula is C25H23FN4O5. The van der Waals surface area contributed by atoms with Crippen molar-refractivity contribution in [1.82, 2.24) is 19.9 Å². The number of benzene rings is 2. The summed E-state index contributed by atoms with van der Waals surface area (Å²) in [6.07, 6.45) is 0.608. The molecule has 2 saturated heterocycles. The van der Waals surface area contributed by atoms with Crippen LogP contribution >= 0.6 is 0 Å². The number of nitrogens with zero attached hydrogens (tertiary/aromatic N) is 4. The second kappa shape index (κ2) is 8.86. The molecule has 35 heavy (non-hydrogen) atoms. The molecule has 10 heteroatoms. The number of imide groups is 1. The van der Waals surface area contributed by atoms with E-state index in [2.05, 4.69) is 10.1 Å². The van der Waals surface area contributed by atoms with Crippen LogP contribution in [-0.4, -0.2) is 56.9 Å². The zero-order valence-corrected chi connectivity index (χ0v) is 18.7. The number of hydrogen-bond donors (Lipinski definition) is 0. The van der Waals surface area contributed by atoms with Crippen LogP contribution in [-0.2, 0) is 27.4 Å². The van der Waals surface area contributed by atoms with Crippen LogP contribution in [0.1, 0.15) is 24.3 Å². The lowest BCUT2D eigenvalue weighted by Crippen LogP contribution is -2.64. The van der Waals surface area contributed by atoms with Gasteiger partial charge >= 0.3 is 6.03 Å². The maximum absolute atomic E-state index is 13.6. The molecule has 3 aliphatic rings. The summed E-state index contributed by atoms with van der Waals surface area (Å²) in [5.41, 5.74) is 1.54. The van der Waals surface area contributed by atoms with Crippen LogP contribution in [0.2, 0.25) is 0 Å². The molecule has 0 bridgehead atoms. The van der Waals surface area contributed by atoms with Crippen molar-refractivity contribution in [2.75, 3.05) is 6.79 Å². The fourth-order valence-electron chi connectivity index (χ4n) is 5.15. The van der Waals surface area contributed by atoms with Crippen molar-refractivity contribution in [3.8, 4) is 11.4 Å². The molecule has 2 aliphatic heterocycles. The predicted octanol–water partition coefficient (Wildman–Crippen LogP) is 3.36. The third-order valence-corrected chi connectivity index (χ3v) is 6.92. The van der Waals surface area contributed by atoms with E-state index in [0.29, 0.717) is 18.7 Å². The van der Waals surface area contributed by atoms with Gasteiger partial charge in [0.1, 0.15) is 19.2 Å². The number of carbonyl (C=O) groups is 2. The molecule has 3 aromatic rings. The normalized spacial score (nSPS) is 26.1. The molecule has 1 aromatic heterocycles. The first-order chi connectivity index (χ1) is 17.1. The molecular weight excluding hydrogens is 455 g/mol. The molecule has 1 saturated carbocycles. The Morgan fingerprint density at radius 3 is 2.46 bits per heavy atom. The highest BCUT2D eigenvalue weighted by atomic mass is 19.1. The number of aromatic nitrogens is 2. The second-order valence-electron chi connectivity index (χ2n) is 9.01. The first-order valence-corrected chi connectivity index (χ1v) is 11.5. The standard InChI is InChI=1S/C25H23FN4O5/c26-17-8-6-15(7-9-17)12-29-19-11-21-20(33-14-34-21)10-18(19)24(31)30(25(29)32)13-22-27-23(28-35-22)16-4-2-1-3-5-16/h1-9,18-21H,10-14H2. The Labute approximate surface area is 200 Å². The van der Waals surface area contributed by atoms with E-state index in [0.717, 1.165) is 11.1 Å². The monoisotopic (exact) mass is 478 g/mol. The third-order valence-electron chi connectivity index (χ3n) is 6.92. The maximum Gasteiger partial charge on any atom is 0.327 e. The highest BCUT2D eigenvalue weighted by Crippen LogP contribution is 2.40. The van der Waals surface area contributed by atoms with Crippen molar-refractivity contribution in [3.05, 3.63) is 71.9 Å². The van der Waals surface area contributed by atoms with E-state index in [1.165, 1.54) is 17.0 Å². The van der Waals surface area contributed by atoms with E-state index in [4.69, 9.17) is 14.0 Å². The summed E-state index contributed by atoms with van der Waals surface area (Å²) in [5, 5.41) is 4.00. The van der Waals surface area contributed by atoms with Crippen molar-refractivity contribution in [3.63, 3.8) is 0 Å². The van der Waals surface area contributed by atoms with Gasteiger partial charge in [0.05, 0.1) is 18.1 Å². The number of fused-ring (bicyclic) bond motifs is 2. The summed E-state index contributed by atoms with van der Waals surface area (Å²) < 4.78 is 30.2. The van der Waals surface area contributed by atoms with E-state index in [1.807, 2.05) is 30.3 Å². The van der Waals surface area contributed by atoms with E-state index in [-0.39, 0.29) is 55.7 Å². The predicted molar refractivity (Wildman–Crippen MR) is 119 cm³/mol. The van der Waals surface area contributed by atoms with Gasteiger partial charge in [0.25, 0.3) is 0 Å². The molecule has 0 N–H and O–H groups in total. The molecule has 2 aromatic carbocycles. The fraction of sp³-hybridized carbons (Fsp3) is 0.360. The molecule has 9 nitrogen and oxygen atoms in total. The molecule has 0 radical (unpaired) electrons. The Morgan fingerprint density at radius 2 is 1.69 bits per heavy atom. The largest absolute Gasteiger partial charge is 0.349 e. The van der Waals surface area contributed by atoms with Crippen LogP contribution in [0.3, 0.4) is 0 Å². The van der Waals surface area contributed by atoms with E-state index >= 15 is 0 Å². The molecule has 0 spiro atoms. The summed E-state index contributed by atoms with van der Waals surface area (Å²) in [6, 6.07) is 14.5. The van der Waals surface area contributed by atoms with Crippen LogP contribution in [0.15, 0.2) is 59.1 Å². The van der Waals surface area contributed by atoms with Gasteiger partial charge in [-0.1, -0.05) is 47.6 Å². The Hall–Kier alpha value is -3.63. The molecule has 3 heterocycles. The van der Waals surface area contributed by atoms with Crippen molar-refractivity contribution >= 4 is 11.9 Å². The molecule has 3 fully saturated rings. The van der Waals surface area contributed by atoms with Gasteiger partial charge in [0.2, 0.25) is 17.6 Å². The fourth-order valence-corrected chi connectivity index (χ4v) is 5.15. The van der Waals surface area contributed by atoms with Crippen molar-refractivity contribution < 1.29 is 28.0 Å². The van der Waals surface area contributed by atoms with Gasteiger partial charge in [-0.3, -0.25) is 9.69 Å². The minimum absolute atomic E-state index is 0.133. The van der Waals surface area contributed by atoms with Gasteiger partial charge in [-0.15, -0.1) is 0 Å². The summed E-state index contributed by atoms with van der Waals surface area (Å²) in [6.45, 7) is 0.288. The van der Waals surface area contributed by atoms with E-state index < -0.39 is 11.9 Å². The van der Waals surface area contributed by atoms with Crippen LogP contribution < -0.4 is 0 Å². The number of urea groups is 1. The lowest BCUT2D eigenvalue weighted by atomic mass is 9.78. The van der Waals surface area contributed by atoms with Gasteiger partial charge in [-0.2, -0.15) is 4.98 Å². The molecule has 4 atom stereocenters. The molecule has 3 amide bonds. The minimum atomic E-state index is -0.451. The average molecular weight is 478 g/mol. The topological polar surface area (TPSA) is 98.0 Å². The number of halogens is 1.